The van der Waals surface area contributed by atoms with Gasteiger partial charge >= 0.3 is 5.97 Å². The summed E-state index contributed by atoms with van der Waals surface area (Å²) in [5.74, 6) is -1.10. The Morgan fingerprint density at radius 1 is 1.36 bits per heavy atom. The van der Waals surface area contributed by atoms with Gasteiger partial charge in [0.25, 0.3) is 0 Å². The maximum atomic E-state index is 10.7. The van der Waals surface area contributed by atoms with E-state index in [1.165, 1.54) is 6.07 Å². The molecular formula is C8H4Cl2N2O2. The van der Waals surface area contributed by atoms with Gasteiger partial charge in [-0.1, -0.05) is 23.2 Å². The van der Waals surface area contributed by atoms with Crippen LogP contribution in [0.1, 0.15) is 10.5 Å². The van der Waals surface area contributed by atoms with E-state index in [4.69, 9.17) is 28.3 Å². The molecule has 0 spiro atoms. The maximum Gasteiger partial charge on any atom is 0.357 e. The van der Waals surface area contributed by atoms with Gasteiger partial charge in [-0.15, -0.1) is 0 Å². The van der Waals surface area contributed by atoms with E-state index in [-0.39, 0.29) is 5.69 Å². The number of nitrogens with zero attached hydrogens (tertiary/aromatic N) is 1. The zero-order valence-electron chi connectivity index (χ0n) is 6.71. The molecule has 0 radical (unpaired) electrons. The van der Waals surface area contributed by atoms with Crippen LogP contribution in [0.5, 0.6) is 0 Å². The van der Waals surface area contributed by atoms with E-state index < -0.39 is 5.97 Å². The highest BCUT2D eigenvalue weighted by molar-refractivity contribution is 6.42. The number of H-pyrrole nitrogens is 1. The first-order valence-corrected chi connectivity index (χ1v) is 4.41. The number of aromatic carboxylic acids is 1. The third-order valence-corrected chi connectivity index (χ3v) is 2.53. The number of aromatic nitrogens is 2. The first-order valence-electron chi connectivity index (χ1n) is 3.66. The summed E-state index contributed by atoms with van der Waals surface area (Å²) in [6, 6.07) is 3.02. The van der Waals surface area contributed by atoms with Crippen molar-refractivity contribution in [1.82, 2.24) is 10.2 Å². The Hall–Kier alpha value is -1.26. The topological polar surface area (TPSA) is 66.0 Å². The molecule has 0 saturated carbocycles. The van der Waals surface area contributed by atoms with Crippen LogP contribution in [0.15, 0.2) is 12.1 Å². The van der Waals surface area contributed by atoms with Gasteiger partial charge in [-0.25, -0.2) is 4.79 Å². The first-order chi connectivity index (χ1) is 6.59. The highest BCUT2D eigenvalue weighted by Crippen LogP contribution is 2.28. The molecule has 0 unspecified atom stereocenters. The van der Waals surface area contributed by atoms with Crippen LogP contribution in [0, 0.1) is 0 Å². The van der Waals surface area contributed by atoms with Crippen LogP contribution in [0.4, 0.5) is 0 Å². The molecule has 0 bridgehead atoms. The van der Waals surface area contributed by atoms with Gasteiger partial charge < -0.3 is 5.11 Å². The second-order valence-corrected chi connectivity index (χ2v) is 3.50. The summed E-state index contributed by atoms with van der Waals surface area (Å²) in [6.07, 6.45) is 0. The lowest BCUT2D eigenvalue weighted by molar-refractivity contribution is 0.0692. The number of halogens is 2. The quantitative estimate of drug-likeness (QED) is 0.792. The molecule has 0 atom stereocenters. The number of hydrogen-bond donors (Lipinski definition) is 2. The van der Waals surface area contributed by atoms with Crippen LogP contribution in [0.2, 0.25) is 10.0 Å². The van der Waals surface area contributed by atoms with E-state index in [1.54, 1.807) is 6.07 Å². The zero-order valence-corrected chi connectivity index (χ0v) is 8.23. The molecule has 72 valence electrons. The highest BCUT2D eigenvalue weighted by atomic mass is 35.5. The lowest BCUT2D eigenvalue weighted by atomic mass is 10.2. The van der Waals surface area contributed by atoms with E-state index in [0.717, 1.165) is 0 Å². The summed E-state index contributed by atoms with van der Waals surface area (Å²) < 4.78 is 0. The van der Waals surface area contributed by atoms with Gasteiger partial charge in [0.15, 0.2) is 5.69 Å². The third kappa shape index (κ3) is 1.32. The van der Waals surface area contributed by atoms with Gasteiger partial charge in [-0.3, -0.25) is 5.10 Å². The fraction of sp³-hybridized carbons (Fsp3) is 0. The van der Waals surface area contributed by atoms with E-state index in [2.05, 4.69) is 10.2 Å². The van der Waals surface area contributed by atoms with Crippen molar-refractivity contribution in [1.29, 1.82) is 0 Å². The Morgan fingerprint density at radius 2 is 2.00 bits per heavy atom. The number of carboxylic acids is 1. The molecule has 4 nitrogen and oxygen atoms in total. The molecule has 0 aliphatic rings. The standard InChI is InChI=1S/C8H4Cl2N2O2/c9-4-1-3-6(2-5(4)10)11-12-7(3)8(13)14/h1-2H,(H,11,12)(H,13,14). The number of carbonyl (C=O) groups is 1. The molecule has 14 heavy (non-hydrogen) atoms. The monoisotopic (exact) mass is 230 g/mol. The van der Waals surface area contributed by atoms with Crippen molar-refractivity contribution in [2.45, 2.75) is 0 Å². The molecule has 2 rings (SSSR count). The lowest BCUT2D eigenvalue weighted by Crippen LogP contribution is -1.96. The molecule has 1 aromatic carbocycles. The number of benzene rings is 1. The summed E-state index contributed by atoms with van der Waals surface area (Å²) in [7, 11) is 0. The van der Waals surface area contributed by atoms with Crippen LogP contribution in [0.3, 0.4) is 0 Å². The minimum Gasteiger partial charge on any atom is -0.476 e. The van der Waals surface area contributed by atoms with Crippen LogP contribution < -0.4 is 0 Å². The van der Waals surface area contributed by atoms with Crippen LogP contribution in [-0.4, -0.2) is 21.3 Å². The molecule has 6 heteroatoms. The maximum absolute atomic E-state index is 10.7. The van der Waals surface area contributed by atoms with Crippen LogP contribution in [0.25, 0.3) is 10.9 Å². The average molecular weight is 231 g/mol. The van der Waals surface area contributed by atoms with Crippen molar-refractivity contribution in [2.75, 3.05) is 0 Å². The molecule has 0 aliphatic carbocycles. The Kier molecular flexibility index (Phi) is 2.09. The SMILES string of the molecule is O=C(O)c1n[nH]c2cc(Cl)c(Cl)cc12. The van der Waals surface area contributed by atoms with E-state index in [9.17, 15) is 4.79 Å². The molecule has 0 fully saturated rings. The Morgan fingerprint density at radius 3 is 2.64 bits per heavy atom. The number of carboxylic acid groups (broad SMARTS) is 1. The molecule has 1 heterocycles. The zero-order chi connectivity index (χ0) is 10.3. The summed E-state index contributed by atoms with van der Waals surface area (Å²) in [5.41, 5.74) is 0.496. The van der Waals surface area contributed by atoms with Gasteiger partial charge in [0.2, 0.25) is 0 Å². The Balaban J connectivity index is 2.80. The minimum atomic E-state index is -1.10. The minimum absolute atomic E-state index is 0.0569. The normalized spacial score (nSPS) is 10.7. The summed E-state index contributed by atoms with van der Waals surface area (Å²) >= 11 is 11.5. The number of hydrogen-bond acceptors (Lipinski definition) is 2. The van der Waals surface area contributed by atoms with Gasteiger partial charge in [0, 0.05) is 5.39 Å². The third-order valence-electron chi connectivity index (χ3n) is 1.81. The van der Waals surface area contributed by atoms with Gasteiger partial charge in [-0.2, -0.15) is 5.10 Å². The predicted molar refractivity (Wildman–Crippen MR) is 53.1 cm³/mol. The fourth-order valence-corrected chi connectivity index (χ4v) is 1.50. The van der Waals surface area contributed by atoms with E-state index >= 15 is 0 Å². The van der Waals surface area contributed by atoms with Crippen molar-refractivity contribution >= 4 is 40.1 Å². The molecule has 0 aliphatic heterocycles. The van der Waals surface area contributed by atoms with Crippen molar-refractivity contribution in [3.63, 3.8) is 0 Å². The molecular weight excluding hydrogens is 227 g/mol. The summed E-state index contributed by atoms with van der Waals surface area (Å²) in [6.45, 7) is 0. The lowest BCUT2D eigenvalue weighted by Gasteiger charge is -1.95. The molecule has 0 amide bonds. The van der Waals surface area contributed by atoms with Gasteiger partial charge in [-0.05, 0) is 12.1 Å². The highest BCUT2D eigenvalue weighted by Gasteiger charge is 2.13. The van der Waals surface area contributed by atoms with E-state index in [0.29, 0.717) is 20.9 Å². The average Bonchev–Trinajstić information content (AvgIpc) is 2.48. The van der Waals surface area contributed by atoms with E-state index in [1.807, 2.05) is 0 Å². The van der Waals surface area contributed by atoms with Crippen molar-refractivity contribution in [3.8, 4) is 0 Å². The number of rotatable bonds is 1. The summed E-state index contributed by atoms with van der Waals surface area (Å²) in [4.78, 5) is 10.7. The van der Waals surface area contributed by atoms with Crippen molar-refractivity contribution in [2.24, 2.45) is 0 Å². The Bertz CT molecular complexity index is 521. The molecule has 0 saturated heterocycles. The first kappa shape index (κ1) is 9.30. The second kappa shape index (κ2) is 3.15. The van der Waals surface area contributed by atoms with Crippen molar-refractivity contribution in [3.05, 3.63) is 27.9 Å². The largest absolute Gasteiger partial charge is 0.476 e. The summed E-state index contributed by atoms with van der Waals surface area (Å²) in [5, 5.41) is 16.1. The predicted octanol–water partition coefficient (Wildman–Crippen LogP) is 2.57. The molecule has 2 N–H and O–H groups in total. The van der Waals surface area contributed by atoms with Crippen LogP contribution in [-0.2, 0) is 0 Å². The fourth-order valence-electron chi connectivity index (χ4n) is 1.17. The van der Waals surface area contributed by atoms with Gasteiger partial charge in [0.05, 0.1) is 15.6 Å². The number of fused-ring (bicyclic) bond motifs is 1. The Labute approximate surface area is 88.4 Å². The van der Waals surface area contributed by atoms with Crippen LogP contribution >= 0.6 is 23.2 Å². The molecule has 2 aromatic rings. The molecule has 1 aromatic heterocycles. The number of nitrogens with one attached hydrogen (secondary N) is 1. The number of aromatic amines is 1. The van der Waals surface area contributed by atoms with Gasteiger partial charge in [0.1, 0.15) is 0 Å². The second-order valence-electron chi connectivity index (χ2n) is 2.69. The smallest absolute Gasteiger partial charge is 0.357 e. The van der Waals surface area contributed by atoms with Crippen molar-refractivity contribution < 1.29 is 9.90 Å².